The minimum Gasteiger partial charge on any atom is -0.0622 e. The van der Waals surface area contributed by atoms with Crippen molar-refractivity contribution in [1.82, 2.24) is 0 Å². The molecule has 13 rings (SSSR count). The van der Waals surface area contributed by atoms with Crippen LogP contribution in [0.1, 0.15) is 26.3 Å². The van der Waals surface area contributed by atoms with E-state index in [1.807, 2.05) is 0 Å². The van der Waals surface area contributed by atoms with Crippen LogP contribution in [-0.4, -0.2) is 0 Å². The van der Waals surface area contributed by atoms with Crippen LogP contribution in [0, 0.1) is 0 Å². The number of benzene rings is 13. The van der Waals surface area contributed by atoms with Gasteiger partial charge in [-0.1, -0.05) is 233 Å². The van der Waals surface area contributed by atoms with Crippen LogP contribution in [0.5, 0.6) is 0 Å². The lowest BCUT2D eigenvalue weighted by Crippen LogP contribution is -2.10. The van der Waals surface area contributed by atoms with Crippen LogP contribution in [-0.2, 0) is 5.41 Å². The Morgan fingerprint density at radius 2 is 0.662 bits per heavy atom. The zero-order chi connectivity index (χ0) is 45.5. The van der Waals surface area contributed by atoms with Crippen molar-refractivity contribution in [2.75, 3.05) is 0 Å². The summed E-state index contributed by atoms with van der Waals surface area (Å²) in [6.45, 7) is 6.90. The summed E-state index contributed by atoms with van der Waals surface area (Å²) in [4.78, 5) is 0. The normalized spacial score (nSPS) is 12.0. The highest BCUT2D eigenvalue weighted by Gasteiger charge is 2.25. The molecule has 0 N–H and O–H groups in total. The van der Waals surface area contributed by atoms with Crippen LogP contribution >= 0.6 is 0 Å². The zero-order valence-electron chi connectivity index (χ0n) is 38.5. The lowest BCUT2D eigenvalue weighted by molar-refractivity contribution is 0.590. The Bertz CT molecular complexity index is 4140. The molecule has 13 aromatic rings. The largest absolute Gasteiger partial charge is 0.0622 e. The fourth-order valence-electron chi connectivity index (χ4n) is 11.3. The van der Waals surface area contributed by atoms with Crippen LogP contribution in [0.4, 0.5) is 0 Å². The number of fused-ring (bicyclic) bond motifs is 10. The number of hydrogen-bond donors (Lipinski definition) is 0. The molecule has 0 amide bonds. The van der Waals surface area contributed by atoms with E-state index in [1.165, 1.54) is 137 Å². The van der Waals surface area contributed by atoms with Crippen LogP contribution in [0.25, 0.3) is 131 Å². The molecule has 0 aliphatic rings. The van der Waals surface area contributed by atoms with Crippen LogP contribution in [0.2, 0.25) is 0 Å². The Morgan fingerprint density at radius 1 is 0.235 bits per heavy atom. The summed E-state index contributed by atoms with van der Waals surface area (Å²) >= 11 is 0. The molecule has 0 radical (unpaired) electrons. The van der Waals surface area contributed by atoms with Crippen LogP contribution in [0.15, 0.2) is 237 Å². The fourth-order valence-corrected chi connectivity index (χ4v) is 11.3. The van der Waals surface area contributed by atoms with Crippen molar-refractivity contribution in [3.63, 3.8) is 0 Å². The minimum absolute atomic E-state index is 0.0269. The van der Waals surface area contributed by atoms with Gasteiger partial charge in [0.1, 0.15) is 0 Å². The van der Waals surface area contributed by atoms with Gasteiger partial charge in [0.15, 0.2) is 0 Å². The standard InChI is InChI=1S/C68H48/c1-68(2,3)51-35-31-46(32-36-51)64-56-27-13-14-28-57(56)65(63-40-48-22-8-7-21-47(48)39-60(63)45-17-5-4-6-18-45)67-59-38-34-50(55-30-16-24-44-20-10-12-26-53(44)55)42-62(59)61-41-49(33-37-58(61)66(64)67)54-29-15-23-43-19-9-11-25-52(43)54/h4-42H,1-3H3. The SMILES string of the molecule is CC(C)(C)c1ccc(-c2c3ccccc3c(-c3cc4ccccc4cc3-c3ccccc3)c3c4ccc(-c5cccc6ccccc56)cc4c4cc(-c5cccc6ccccc56)ccc4c23)cc1. The summed E-state index contributed by atoms with van der Waals surface area (Å²) in [5.74, 6) is 0. The first-order valence-electron chi connectivity index (χ1n) is 23.9. The van der Waals surface area contributed by atoms with Crippen LogP contribution in [0.3, 0.4) is 0 Å². The monoisotopic (exact) mass is 864 g/mol. The second-order valence-corrected chi connectivity index (χ2v) is 19.6. The molecular formula is C68H48. The third kappa shape index (κ3) is 6.44. The Kier molecular flexibility index (Phi) is 9.21. The molecule has 68 heavy (non-hydrogen) atoms. The van der Waals surface area contributed by atoms with Crippen molar-refractivity contribution in [2.24, 2.45) is 0 Å². The van der Waals surface area contributed by atoms with Crippen molar-refractivity contribution in [1.29, 1.82) is 0 Å². The molecule has 13 aromatic carbocycles. The van der Waals surface area contributed by atoms with Gasteiger partial charge in [-0.05, 0) is 166 Å². The molecule has 0 spiro atoms. The molecule has 0 saturated carbocycles. The Hall–Kier alpha value is -8.32. The van der Waals surface area contributed by atoms with E-state index in [0.29, 0.717) is 0 Å². The van der Waals surface area contributed by atoms with Gasteiger partial charge in [0, 0.05) is 0 Å². The van der Waals surface area contributed by atoms with Crippen molar-refractivity contribution in [3.05, 3.63) is 242 Å². The summed E-state index contributed by atoms with van der Waals surface area (Å²) in [5, 5.41) is 17.5. The van der Waals surface area contributed by atoms with Gasteiger partial charge in [-0.15, -0.1) is 0 Å². The molecule has 0 aliphatic heterocycles. The summed E-state index contributed by atoms with van der Waals surface area (Å²) < 4.78 is 0. The van der Waals surface area contributed by atoms with Crippen molar-refractivity contribution < 1.29 is 0 Å². The first-order valence-corrected chi connectivity index (χ1v) is 23.9. The van der Waals surface area contributed by atoms with Gasteiger partial charge in [0.25, 0.3) is 0 Å². The molecule has 0 fully saturated rings. The van der Waals surface area contributed by atoms with Gasteiger partial charge < -0.3 is 0 Å². The van der Waals surface area contributed by atoms with E-state index >= 15 is 0 Å². The highest BCUT2D eigenvalue weighted by molar-refractivity contribution is 6.38. The van der Waals surface area contributed by atoms with Gasteiger partial charge in [-0.25, -0.2) is 0 Å². The Balaban J connectivity index is 1.26. The van der Waals surface area contributed by atoms with Crippen molar-refractivity contribution >= 4 is 75.4 Å². The molecular weight excluding hydrogens is 817 g/mol. The summed E-state index contributed by atoms with van der Waals surface area (Å²) in [5.41, 5.74) is 13.7. The second-order valence-electron chi connectivity index (χ2n) is 19.6. The topological polar surface area (TPSA) is 0 Å². The fraction of sp³-hybridized carbons (Fsp3) is 0.0588. The van der Waals surface area contributed by atoms with E-state index in [2.05, 4.69) is 257 Å². The zero-order valence-corrected chi connectivity index (χ0v) is 38.5. The van der Waals surface area contributed by atoms with Gasteiger partial charge in [0.05, 0.1) is 0 Å². The average Bonchev–Trinajstić information content (AvgIpc) is 3.39. The first kappa shape index (κ1) is 40.0. The first-order chi connectivity index (χ1) is 33.4. The lowest BCUT2D eigenvalue weighted by Gasteiger charge is -2.24. The maximum Gasteiger partial charge on any atom is -0.000741 e. The second kappa shape index (κ2) is 15.7. The molecule has 320 valence electrons. The average molecular weight is 865 g/mol. The highest BCUT2D eigenvalue weighted by atomic mass is 14.3. The molecule has 0 heteroatoms. The molecule has 0 bridgehead atoms. The number of rotatable bonds is 5. The maximum absolute atomic E-state index is 2.49. The molecule has 0 unspecified atom stereocenters. The summed E-state index contributed by atoms with van der Waals surface area (Å²) in [6, 6.07) is 88.9. The highest BCUT2D eigenvalue weighted by Crippen LogP contribution is 2.53. The van der Waals surface area contributed by atoms with Gasteiger partial charge in [0.2, 0.25) is 0 Å². The van der Waals surface area contributed by atoms with E-state index in [-0.39, 0.29) is 5.41 Å². The molecule has 0 heterocycles. The third-order valence-corrected chi connectivity index (χ3v) is 14.6. The quantitative estimate of drug-likeness (QED) is 0.119. The third-order valence-electron chi connectivity index (χ3n) is 14.6. The van der Waals surface area contributed by atoms with Gasteiger partial charge >= 0.3 is 0 Å². The van der Waals surface area contributed by atoms with Crippen LogP contribution < -0.4 is 0 Å². The van der Waals surface area contributed by atoms with E-state index in [0.717, 1.165) is 0 Å². The number of hydrogen-bond acceptors (Lipinski definition) is 0. The van der Waals surface area contributed by atoms with Crippen molar-refractivity contribution in [2.45, 2.75) is 26.2 Å². The molecule has 0 nitrogen and oxygen atoms in total. The minimum atomic E-state index is 0.0269. The van der Waals surface area contributed by atoms with E-state index in [4.69, 9.17) is 0 Å². The maximum atomic E-state index is 2.49. The van der Waals surface area contributed by atoms with E-state index in [1.54, 1.807) is 0 Å². The summed E-state index contributed by atoms with van der Waals surface area (Å²) in [7, 11) is 0. The van der Waals surface area contributed by atoms with E-state index in [9.17, 15) is 0 Å². The smallest absolute Gasteiger partial charge is 0.000741 e. The summed E-state index contributed by atoms with van der Waals surface area (Å²) in [6.07, 6.45) is 0. The molecule has 0 aromatic heterocycles. The van der Waals surface area contributed by atoms with Crippen molar-refractivity contribution in [3.8, 4) is 55.6 Å². The van der Waals surface area contributed by atoms with E-state index < -0.39 is 0 Å². The van der Waals surface area contributed by atoms with Gasteiger partial charge in [-0.3, -0.25) is 0 Å². The predicted molar refractivity (Wildman–Crippen MR) is 295 cm³/mol. The molecule has 0 aliphatic carbocycles. The molecule has 0 atom stereocenters. The Labute approximate surface area is 397 Å². The molecule has 0 saturated heterocycles. The van der Waals surface area contributed by atoms with Gasteiger partial charge in [-0.2, -0.15) is 0 Å². The lowest BCUT2D eigenvalue weighted by atomic mass is 9.78. The predicted octanol–water partition coefficient (Wildman–Crippen LogP) is 19.4. The Morgan fingerprint density at radius 3 is 1.21 bits per heavy atom.